The number of allylic oxidation sites excluding steroid dienone is 2. The molecule has 0 saturated heterocycles. The van der Waals surface area contributed by atoms with Crippen LogP contribution < -0.4 is 0 Å². The molecule has 0 aromatic carbocycles. The average molecular weight is 1020 g/mol. The molecule has 0 N–H and O–H groups in total. The number of ether oxygens (including phenoxy) is 3. The quantitative estimate of drug-likeness (QED) is 0.0345. The van der Waals surface area contributed by atoms with Gasteiger partial charge in [0.1, 0.15) is 19.3 Å². The molecule has 0 aliphatic carbocycles. The Bertz CT molecular complexity index is 1060. The maximum atomic E-state index is 12.7. The van der Waals surface area contributed by atoms with Gasteiger partial charge in [0.15, 0.2) is 0 Å². The Morgan fingerprint density at radius 2 is 0.486 bits per heavy atom. The Morgan fingerprint density at radius 3 is 0.736 bits per heavy atom. The maximum absolute atomic E-state index is 12.7. The lowest BCUT2D eigenvalue weighted by atomic mass is 10.0. The van der Waals surface area contributed by atoms with Crippen molar-refractivity contribution >= 4 is 11.9 Å². The second-order valence-electron chi connectivity index (χ2n) is 22.7. The molecule has 0 saturated carbocycles. The molecule has 0 aromatic rings. The molecule has 0 radical (unpaired) electrons. The summed E-state index contributed by atoms with van der Waals surface area (Å²) in [6, 6.07) is 0. The van der Waals surface area contributed by atoms with E-state index < -0.39 is 6.10 Å². The monoisotopic (exact) mass is 1010 g/mol. The summed E-state index contributed by atoms with van der Waals surface area (Å²) in [5.74, 6) is -0.304. The number of carbonyl (C=O) groups is 2. The predicted molar refractivity (Wildman–Crippen MR) is 316 cm³/mol. The minimum absolute atomic E-state index is 0.151. The van der Waals surface area contributed by atoms with Crippen molar-refractivity contribution in [1.82, 2.24) is 0 Å². The topological polar surface area (TPSA) is 61.8 Å². The van der Waals surface area contributed by atoms with Crippen molar-refractivity contribution in [3.05, 3.63) is 12.2 Å². The summed E-state index contributed by atoms with van der Waals surface area (Å²) in [5, 5.41) is 0. The van der Waals surface area contributed by atoms with Crippen molar-refractivity contribution in [2.45, 2.75) is 386 Å². The smallest absolute Gasteiger partial charge is 0.305 e. The van der Waals surface area contributed by atoms with Gasteiger partial charge in [-0.2, -0.15) is 0 Å². The van der Waals surface area contributed by atoms with Crippen molar-refractivity contribution in [3.8, 4) is 0 Å². The van der Waals surface area contributed by atoms with Gasteiger partial charge in [0.2, 0.25) is 0 Å². The van der Waals surface area contributed by atoms with E-state index in [-0.39, 0.29) is 25.2 Å². The van der Waals surface area contributed by atoms with E-state index in [1.807, 2.05) is 0 Å². The molecule has 0 fully saturated rings. The predicted octanol–water partition coefficient (Wildman–Crippen LogP) is 22.9. The third kappa shape index (κ3) is 61.2. The van der Waals surface area contributed by atoms with Gasteiger partial charge in [-0.1, -0.05) is 335 Å². The van der Waals surface area contributed by atoms with Crippen LogP contribution in [0.25, 0.3) is 0 Å². The molecule has 0 aliphatic rings. The van der Waals surface area contributed by atoms with Crippen LogP contribution in [-0.2, 0) is 23.8 Å². The first-order valence-corrected chi connectivity index (χ1v) is 33.2. The van der Waals surface area contributed by atoms with Crippen molar-refractivity contribution in [1.29, 1.82) is 0 Å². The number of rotatable bonds is 63. The molecule has 0 rings (SSSR count). The van der Waals surface area contributed by atoms with Crippen LogP contribution in [0.1, 0.15) is 380 Å². The summed E-state index contributed by atoms with van der Waals surface area (Å²) in [6.07, 6.45) is 77.1. The summed E-state index contributed by atoms with van der Waals surface area (Å²) in [4.78, 5) is 25.5. The molecule has 5 heteroatoms. The zero-order valence-corrected chi connectivity index (χ0v) is 49.5. The second kappa shape index (κ2) is 63.9. The number of hydrogen-bond donors (Lipinski definition) is 0. The fraction of sp³-hybridized carbons (Fsp3) is 0.940. The molecule has 0 heterocycles. The molecule has 0 aliphatic heterocycles. The van der Waals surface area contributed by atoms with E-state index >= 15 is 0 Å². The van der Waals surface area contributed by atoms with Gasteiger partial charge in [-0.15, -0.1) is 0 Å². The lowest BCUT2D eigenvalue weighted by Crippen LogP contribution is -2.29. The Hall–Kier alpha value is -1.36. The van der Waals surface area contributed by atoms with Crippen LogP contribution in [0.5, 0.6) is 0 Å². The highest BCUT2D eigenvalue weighted by atomic mass is 16.6. The highest BCUT2D eigenvalue weighted by Crippen LogP contribution is 2.18. The summed E-state index contributed by atoms with van der Waals surface area (Å²) in [6.45, 7) is 7.83. The number of esters is 2. The maximum Gasteiger partial charge on any atom is 0.305 e. The Labute approximate surface area is 452 Å². The van der Waals surface area contributed by atoms with Gasteiger partial charge in [-0.25, -0.2) is 0 Å². The number of unbranched alkanes of at least 4 members (excludes halogenated alkanes) is 50. The second-order valence-corrected chi connectivity index (χ2v) is 22.7. The van der Waals surface area contributed by atoms with Crippen LogP contribution >= 0.6 is 0 Å². The van der Waals surface area contributed by atoms with E-state index in [9.17, 15) is 9.59 Å². The SMILES string of the molecule is CCCCCCCC/C=C\CCCCCCCCCCCCCC(=O)OC[C@H](COC(=O)CCCCCCCCCCCCCCCCCCCCC)OCCCCCCCCCCCCCCCCCC. The highest BCUT2D eigenvalue weighted by molar-refractivity contribution is 5.69. The summed E-state index contributed by atoms with van der Waals surface area (Å²) in [7, 11) is 0. The third-order valence-electron chi connectivity index (χ3n) is 15.3. The van der Waals surface area contributed by atoms with Crippen LogP contribution in [0.2, 0.25) is 0 Å². The summed E-state index contributed by atoms with van der Waals surface area (Å²) >= 11 is 0. The molecular weight excluding hydrogens is 885 g/mol. The molecule has 0 amide bonds. The lowest BCUT2D eigenvalue weighted by molar-refractivity contribution is -0.155. The van der Waals surface area contributed by atoms with Crippen LogP contribution in [0.4, 0.5) is 0 Å². The van der Waals surface area contributed by atoms with Crippen molar-refractivity contribution in [3.63, 3.8) is 0 Å². The van der Waals surface area contributed by atoms with Gasteiger partial charge in [0, 0.05) is 19.4 Å². The van der Waals surface area contributed by atoms with E-state index in [2.05, 4.69) is 32.9 Å². The third-order valence-corrected chi connectivity index (χ3v) is 15.3. The molecular formula is C67H130O5. The first-order chi connectivity index (χ1) is 35.6. The number of carbonyl (C=O) groups excluding carboxylic acids is 2. The van der Waals surface area contributed by atoms with Crippen LogP contribution in [-0.4, -0.2) is 37.9 Å². The normalized spacial score (nSPS) is 12.1. The van der Waals surface area contributed by atoms with Gasteiger partial charge < -0.3 is 14.2 Å². The standard InChI is InChI=1S/C67H130O5/c1-4-7-10-13-16-19-22-25-28-31-33-34-36-38-40-43-46-49-52-55-58-61-67(69)72-64-65(70-62-59-56-53-50-47-44-41-30-27-24-21-18-15-12-9-6-3)63-71-66(68)60-57-54-51-48-45-42-39-37-35-32-29-26-23-20-17-14-11-8-5-2/h25,28,65H,4-24,26-27,29-64H2,1-3H3/b28-25-/t65-/m0/s1. The Kier molecular flexibility index (Phi) is 62.7. The molecule has 428 valence electrons. The fourth-order valence-electron chi connectivity index (χ4n) is 10.3. The first kappa shape index (κ1) is 70.6. The summed E-state index contributed by atoms with van der Waals surface area (Å²) in [5.41, 5.74) is 0. The van der Waals surface area contributed by atoms with Crippen LogP contribution in [0.3, 0.4) is 0 Å². The fourth-order valence-corrected chi connectivity index (χ4v) is 10.3. The minimum atomic E-state index is -0.393. The largest absolute Gasteiger partial charge is 0.463 e. The molecule has 0 unspecified atom stereocenters. The molecule has 72 heavy (non-hydrogen) atoms. The molecule has 1 atom stereocenters. The molecule has 0 bridgehead atoms. The lowest BCUT2D eigenvalue weighted by Gasteiger charge is -2.18. The van der Waals surface area contributed by atoms with Crippen molar-refractivity contribution < 1.29 is 23.8 Å². The molecule has 5 nitrogen and oxygen atoms in total. The van der Waals surface area contributed by atoms with E-state index in [0.29, 0.717) is 19.4 Å². The Morgan fingerprint density at radius 1 is 0.278 bits per heavy atom. The molecule has 0 aromatic heterocycles. The highest BCUT2D eigenvalue weighted by Gasteiger charge is 2.16. The van der Waals surface area contributed by atoms with Crippen LogP contribution in [0.15, 0.2) is 12.2 Å². The Balaban J connectivity index is 4.16. The van der Waals surface area contributed by atoms with Crippen molar-refractivity contribution in [2.24, 2.45) is 0 Å². The zero-order valence-electron chi connectivity index (χ0n) is 49.5. The number of hydrogen-bond acceptors (Lipinski definition) is 5. The van der Waals surface area contributed by atoms with E-state index in [4.69, 9.17) is 14.2 Å². The van der Waals surface area contributed by atoms with Gasteiger partial charge in [-0.05, 0) is 44.9 Å². The van der Waals surface area contributed by atoms with Gasteiger partial charge in [-0.3, -0.25) is 9.59 Å². The average Bonchev–Trinajstić information content (AvgIpc) is 3.38. The first-order valence-electron chi connectivity index (χ1n) is 33.2. The summed E-state index contributed by atoms with van der Waals surface area (Å²) < 4.78 is 17.6. The molecule has 0 spiro atoms. The zero-order chi connectivity index (χ0) is 52.0. The van der Waals surface area contributed by atoms with E-state index in [0.717, 1.165) is 38.5 Å². The van der Waals surface area contributed by atoms with E-state index in [1.54, 1.807) is 0 Å². The van der Waals surface area contributed by atoms with Crippen LogP contribution in [0, 0.1) is 0 Å². The van der Waals surface area contributed by atoms with Crippen molar-refractivity contribution in [2.75, 3.05) is 19.8 Å². The van der Waals surface area contributed by atoms with Gasteiger partial charge in [0.05, 0.1) is 0 Å². The van der Waals surface area contributed by atoms with Gasteiger partial charge >= 0.3 is 11.9 Å². The van der Waals surface area contributed by atoms with Gasteiger partial charge in [0.25, 0.3) is 0 Å². The van der Waals surface area contributed by atoms with E-state index in [1.165, 1.54) is 308 Å². The minimum Gasteiger partial charge on any atom is -0.463 e.